The van der Waals surface area contributed by atoms with Crippen LogP contribution in [0.25, 0.3) is 0 Å². The number of likely N-dealkylation sites (tertiary alicyclic amines) is 1. The molecule has 5 heteroatoms. The number of aromatic nitrogens is 2. The lowest BCUT2D eigenvalue weighted by molar-refractivity contribution is 0.0786. The first kappa shape index (κ1) is 11.0. The van der Waals surface area contributed by atoms with E-state index in [-0.39, 0.29) is 5.91 Å². The van der Waals surface area contributed by atoms with Crippen molar-refractivity contribution >= 4 is 5.91 Å². The van der Waals surface area contributed by atoms with Crippen LogP contribution in [0.5, 0.6) is 0 Å². The summed E-state index contributed by atoms with van der Waals surface area (Å²) >= 11 is 0. The minimum atomic E-state index is 0.0409. The molecule has 86 valence electrons. The number of amides is 1. The molecule has 5 nitrogen and oxygen atoms in total. The zero-order chi connectivity index (χ0) is 11.4. The summed E-state index contributed by atoms with van der Waals surface area (Å²) in [4.78, 5) is 21.6. The van der Waals surface area contributed by atoms with E-state index in [9.17, 15) is 4.79 Å². The molecule has 2 heterocycles. The number of nitrogens with one attached hydrogen (secondary N) is 1. The van der Waals surface area contributed by atoms with Crippen LogP contribution in [0.15, 0.2) is 18.7 Å². The van der Waals surface area contributed by atoms with E-state index in [4.69, 9.17) is 0 Å². The number of rotatable bonds is 3. The molecule has 0 radical (unpaired) electrons. The Morgan fingerprint density at radius 2 is 2.31 bits per heavy atom. The smallest absolute Gasteiger partial charge is 0.257 e. The number of carbonyl (C=O) groups is 1. The first-order valence-corrected chi connectivity index (χ1v) is 5.50. The summed E-state index contributed by atoms with van der Waals surface area (Å²) in [5.41, 5.74) is 0.576. The normalized spacial score (nSPS) is 20.1. The highest BCUT2D eigenvalue weighted by Gasteiger charge is 2.26. The Labute approximate surface area is 94.9 Å². The molecule has 0 bridgehead atoms. The van der Waals surface area contributed by atoms with E-state index in [0.29, 0.717) is 11.5 Å². The Bertz CT molecular complexity index is 354. The second kappa shape index (κ2) is 5.03. The molecule has 1 unspecified atom stereocenters. The topological polar surface area (TPSA) is 58.1 Å². The molecule has 2 rings (SSSR count). The molecule has 1 aliphatic rings. The lowest BCUT2D eigenvalue weighted by Gasteiger charge is -2.15. The SMILES string of the molecule is CNCC1CCN(C(=O)c2cncnc2)C1. The predicted molar refractivity (Wildman–Crippen MR) is 60.0 cm³/mol. The largest absolute Gasteiger partial charge is 0.338 e. The van der Waals surface area contributed by atoms with E-state index >= 15 is 0 Å². The molecule has 1 aliphatic heterocycles. The number of hydrogen-bond acceptors (Lipinski definition) is 4. The Kier molecular flexibility index (Phi) is 3.46. The van der Waals surface area contributed by atoms with Crippen LogP contribution in [-0.2, 0) is 0 Å². The highest BCUT2D eigenvalue weighted by molar-refractivity contribution is 5.93. The number of hydrogen-bond donors (Lipinski definition) is 1. The maximum Gasteiger partial charge on any atom is 0.257 e. The molecule has 0 aromatic carbocycles. The van der Waals surface area contributed by atoms with Crippen LogP contribution in [0.4, 0.5) is 0 Å². The highest BCUT2D eigenvalue weighted by atomic mass is 16.2. The zero-order valence-electron chi connectivity index (χ0n) is 9.39. The van der Waals surface area contributed by atoms with Crippen molar-refractivity contribution in [3.8, 4) is 0 Å². The number of carbonyl (C=O) groups excluding carboxylic acids is 1. The van der Waals surface area contributed by atoms with Crippen molar-refractivity contribution in [2.24, 2.45) is 5.92 Å². The lowest BCUT2D eigenvalue weighted by Crippen LogP contribution is -2.30. The molecule has 0 aliphatic carbocycles. The average Bonchev–Trinajstić information content (AvgIpc) is 2.78. The standard InChI is InChI=1S/C11H16N4O/c1-12-4-9-2-3-15(7-9)11(16)10-5-13-8-14-6-10/h5-6,8-9,12H,2-4,7H2,1H3. The van der Waals surface area contributed by atoms with Gasteiger partial charge >= 0.3 is 0 Å². The van der Waals surface area contributed by atoms with Gasteiger partial charge in [0.05, 0.1) is 5.56 Å². The Morgan fingerprint density at radius 1 is 1.56 bits per heavy atom. The van der Waals surface area contributed by atoms with Gasteiger partial charge in [0.15, 0.2) is 0 Å². The summed E-state index contributed by atoms with van der Waals surface area (Å²) < 4.78 is 0. The van der Waals surface area contributed by atoms with Crippen molar-refractivity contribution in [3.05, 3.63) is 24.3 Å². The third kappa shape index (κ3) is 2.36. The Morgan fingerprint density at radius 3 is 3.00 bits per heavy atom. The van der Waals surface area contributed by atoms with Gasteiger partial charge in [0.2, 0.25) is 0 Å². The second-order valence-electron chi connectivity index (χ2n) is 4.09. The summed E-state index contributed by atoms with van der Waals surface area (Å²) in [5, 5.41) is 3.15. The molecule has 0 spiro atoms. The molecular weight excluding hydrogens is 204 g/mol. The molecule has 1 aromatic heterocycles. The Hall–Kier alpha value is -1.49. The molecule has 16 heavy (non-hydrogen) atoms. The minimum absolute atomic E-state index is 0.0409. The van der Waals surface area contributed by atoms with Crippen LogP contribution in [-0.4, -0.2) is 47.5 Å². The van der Waals surface area contributed by atoms with Crippen molar-refractivity contribution in [1.29, 1.82) is 0 Å². The van der Waals surface area contributed by atoms with Crippen LogP contribution in [0.1, 0.15) is 16.8 Å². The quantitative estimate of drug-likeness (QED) is 0.788. The Balaban J connectivity index is 1.97. The van der Waals surface area contributed by atoms with Crippen LogP contribution in [0.3, 0.4) is 0 Å². The van der Waals surface area contributed by atoms with Crippen molar-refractivity contribution in [3.63, 3.8) is 0 Å². The van der Waals surface area contributed by atoms with E-state index in [2.05, 4.69) is 15.3 Å². The van der Waals surface area contributed by atoms with E-state index in [0.717, 1.165) is 26.1 Å². The van der Waals surface area contributed by atoms with Crippen LogP contribution < -0.4 is 5.32 Å². The van der Waals surface area contributed by atoms with Crippen LogP contribution >= 0.6 is 0 Å². The zero-order valence-corrected chi connectivity index (χ0v) is 9.39. The van der Waals surface area contributed by atoms with Crippen LogP contribution in [0, 0.1) is 5.92 Å². The fourth-order valence-corrected chi connectivity index (χ4v) is 2.06. The fraction of sp³-hybridized carbons (Fsp3) is 0.545. The first-order valence-electron chi connectivity index (χ1n) is 5.50. The summed E-state index contributed by atoms with van der Waals surface area (Å²) in [5.74, 6) is 0.609. The monoisotopic (exact) mass is 220 g/mol. The third-order valence-corrected chi connectivity index (χ3v) is 2.87. The van der Waals surface area contributed by atoms with E-state index < -0.39 is 0 Å². The van der Waals surface area contributed by atoms with Gasteiger partial charge in [-0.25, -0.2) is 9.97 Å². The fourth-order valence-electron chi connectivity index (χ4n) is 2.06. The van der Waals surface area contributed by atoms with E-state index in [1.165, 1.54) is 6.33 Å². The van der Waals surface area contributed by atoms with Crippen molar-refractivity contribution in [1.82, 2.24) is 20.2 Å². The maximum atomic E-state index is 12.0. The summed E-state index contributed by atoms with van der Waals surface area (Å²) in [6, 6.07) is 0. The molecule has 1 N–H and O–H groups in total. The van der Waals surface area contributed by atoms with Gasteiger partial charge in [-0.15, -0.1) is 0 Å². The van der Waals surface area contributed by atoms with Crippen molar-refractivity contribution in [2.75, 3.05) is 26.7 Å². The van der Waals surface area contributed by atoms with Gasteiger partial charge in [0.1, 0.15) is 6.33 Å². The highest BCUT2D eigenvalue weighted by Crippen LogP contribution is 2.17. The molecule has 1 aromatic rings. The van der Waals surface area contributed by atoms with Gasteiger partial charge in [-0.05, 0) is 25.9 Å². The molecule has 1 amide bonds. The first-order chi connectivity index (χ1) is 7.81. The van der Waals surface area contributed by atoms with Gasteiger partial charge in [-0.2, -0.15) is 0 Å². The average molecular weight is 220 g/mol. The third-order valence-electron chi connectivity index (χ3n) is 2.87. The van der Waals surface area contributed by atoms with Crippen LogP contribution in [0.2, 0.25) is 0 Å². The van der Waals surface area contributed by atoms with E-state index in [1.54, 1.807) is 12.4 Å². The van der Waals surface area contributed by atoms with Gasteiger partial charge in [0.25, 0.3) is 5.91 Å². The molecule has 1 fully saturated rings. The predicted octanol–water partition coefficient (Wildman–Crippen LogP) is 0.158. The van der Waals surface area contributed by atoms with Gasteiger partial charge < -0.3 is 10.2 Å². The molecule has 1 saturated heterocycles. The molecular formula is C11H16N4O. The molecule has 0 saturated carbocycles. The summed E-state index contributed by atoms with van der Waals surface area (Å²) in [6.07, 6.45) is 5.65. The molecule has 1 atom stereocenters. The van der Waals surface area contributed by atoms with Gasteiger partial charge in [0, 0.05) is 25.5 Å². The van der Waals surface area contributed by atoms with Crippen molar-refractivity contribution in [2.45, 2.75) is 6.42 Å². The van der Waals surface area contributed by atoms with E-state index in [1.807, 2.05) is 11.9 Å². The number of nitrogens with zero attached hydrogens (tertiary/aromatic N) is 3. The maximum absolute atomic E-state index is 12.0. The van der Waals surface area contributed by atoms with Gasteiger partial charge in [-0.3, -0.25) is 4.79 Å². The second-order valence-corrected chi connectivity index (χ2v) is 4.09. The van der Waals surface area contributed by atoms with Gasteiger partial charge in [-0.1, -0.05) is 0 Å². The summed E-state index contributed by atoms with van der Waals surface area (Å²) in [7, 11) is 1.94. The van der Waals surface area contributed by atoms with Crippen molar-refractivity contribution < 1.29 is 4.79 Å². The summed E-state index contributed by atoms with van der Waals surface area (Å²) in [6.45, 7) is 2.63. The lowest BCUT2D eigenvalue weighted by atomic mass is 10.1. The minimum Gasteiger partial charge on any atom is -0.338 e.